The van der Waals surface area contributed by atoms with E-state index in [2.05, 4.69) is 15.3 Å². The molecular weight excluding hydrogens is 292 g/mol. The zero-order valence-corrected chi connectivity index (χ0v) is 12.9. The van der Waals surface area contributed by atoms with Crippen molar-refractivity contribution < 1.29 is 9.90 Å². The lowest BCUT2D eigenvalue weighted by molar-refractivity contribution is 0.0953. The van der Waals surface area contributed by atoms with E-state index in [0.29, 0.717) is 17.6 Å². The number of aromatic hydroxyl groups is 1. The molecule has 0 unspecified atom stereocenters. The largest absolute Gasteiger partial charge is 0.508 e. The van der Waals surface area contributed by atoms with Crippen molar-refractivity contribution in [3.05, 3.63) is 54.0 Å². The molecule has 118 valence electrons. The molecule has 0 spiro atoms. The topological polar surface area (TPSA) is 80.0 Å². The molecule has 0 atom stereocenters. The zero-order chi connectivity index (χ0) is 16.2. The first-order valence-electron chi connectivity index (χ1n) is 7.46. The molecule has 0 saturated heterocycles. The van der Waals surface area contributed by atoms with E-state index in [1.807, 2.05) is 23.7 Å². The molecule has 0 aliphatic rings. The minimum Gasteiger partial charge on any atom is -0.508 e. The van der Waals surface area contributed by atoms with E-state index < -0.39 is 0 Å². The Morgan fingerprint density at radius 1 is 1.26 bits per heavy atom. The number of aromatic nitrogens is 3. The van der Waals surface area contributed by atoms with Gasteiger partial charge in [0.25, 0.3) is 5.91 Å². The Kier molecular flexibility index (Phi) is 4.23. The first-order chi connectivity index (χ1) is 11.1. The normalized spacial score (nSPS) is 10.8. The zero-order valence-electron chi connectivity index (χ0n) is 12.9. The van der Waals surface area contributed by atoms with E-state index in [1.54, 1.807) is 30.7 Å². The second-order valence-corrected chi connectivity index (χ2v) is 5.45. The summed E-state index contributed by atoms with van der Waals surface area (Å²) in [5.74, 6) is 0.121. The van der Waals surface area contributed by atoms with Gasteiger partial charge in [-0.3, -0.25) is 4.79 Å². The highest BCUT2D eigenvalue weighted by Crippen LogP contribution is 2.12. The smallest absolute Gasteiger partial charge is 0.252 e. The third-order valence-corrected chi connectivity index (χ3v) is 3.68. The minimum absolute atomic E-state index is 0.143. The van der Waals surface area contributed by atoms with Crippen molar-refractivity contribution in [3.63, 3.8) is 0 Å². The molecule has 0 saturated carbocycles. The number of amides is 1. The van der Waals surface area contributed by atoms with E-state index in [1.165, 1.54) is 0 Å². The summed E-state index contributed by atoms with van der Waals surface area (Å²) >= 11 is 0. The molecule has 0 aliphatic carbocycles. The first kappa shape index (κ1) is 15.0. The van der Waals surface area contributed by atoms with E-state index in [0.717, 1.165) is 24.1 Å². The van der Waals surface area contributed by atoms with Crippen LogP contribution in [0.25, 0.3) is 11.2 Å². The molecule has 3 aromatic rings. The second kappa shape index (κ2) is 6.48. The number of hydrogen-bond acceptors (Lipinski definition) is 4. The highest BCUT2D eigenvalue weighted by Gasteiger charge is 2.09. The van der Waals surface area contributed by atoms with Crippen molar-refractivity contribution in [2.75, 3.05) is 6.54 Å². The van der Waals surface area contributed by atoms with Crippen LogP contribution in [0.5, 0.6) is 5.75 Å². The van der Waals surface area contributed by atoms with Gasteiger partial charge in [-0.2, -0.15) is 0 Å². The van der Waals surface area contributed by atoms with Crippen LogP contribution in [0.4, 0.5) is 0 Å². The van der Waals surface area contributed by atoms with Crippen LogP contribution >= 0.6 is 0 Å². The fourth-order valence-electron chi connectivity index (χ4n) is 2.40. The summed E-state index contributed by atoms with van der Waals surface area (Å²) in [7, 11) is 1.87. The lowest BCUT2D eigenvalue weighted by Gasteiger charge is -2.05. The fourth-order valence-corrected chi connectivity index (χ4v) is 2.40. The van der Waals surface area contributed by atoms with Crippen LogP contribution in [-0.4, -0.2) is 32.1 Å². The maximum absolute atomic E-state index is 12.1. The van der Waals surface area contributed by atoms with Crippen molar-refractivity contribution in [1.29, 1.82) is 0 Å². The lowest BCUT2D eigenvalue weighted by Crippen LogP contribution is -2.24. The summed E-state index contributed by atoms with van der Waals surface area (Å²) in [6.07, 6.45) is 4.92. The molecule has 3 rings (SSSR count). The molecule has 6 nitrogen and oxygen atoms in total. The molecular formula is C17H18N4O2. The summed E-state index contributed by atoms with van der Waals surface area (Å²) in [4.78, 5) is 20.6. The van der Waals surface area contributed by atoms with Gasteiger partial charge < -0.3 is 15.0 Å². The second-order valence-electron chi connectivity index (χ2n) is 5.45. The summed E-state index contributed by atoms with van der Waals surface area (Å²) < 4.78 is 1.81. The van der Waals surface area contributed by atoms with Crippen LogP contribution < -0.4 is 5.32 Å². The number of carbonyl (C=O) groups is 1. The van der Waals surface area contributed by atoms with Crippen molar-refractivity contribution in [2.45, 2.75) is 12.8 Å². The van der Waals surface area contributed by atoms with Gasteiger partial charge in [-0.15, -0.1) is 0 Å². The van der Waals surface area contributed by atoms with Crippen molar-refractivity contribution in [1.82, 2.24) is 19.9 Å². The van der Waals surface area contributed by atoms with Crippen molar-refractivity contribution in [3.8, 4) is 5.75 Å². The molecule has 0 fully saturated rings. The molecule has 0 aliphatic heterocycles. The Morgan fingerprint density at radius 3 is 2.83 bits per heavy atom. The van der Waals surface area contributed by atoms with Crippen LogP contribution in [0.1, 0.15) is 22.3 Å². The number of pyridine rings is 1. The molecule has 2 heterocycles. The molecule has 0 bridgehead atoms. The molecule has 6 heteroatoms. The number of rotatable bonds is 5. The molecule has 1 amide bonds. The Balaban J connectivity index is 1.53. The lowest BCUT2D eigenvalue weighted by atomic mass is 10.1. The van der Waals surface area contributed by atoms with Crippen LogP contribution in [-0.2, 0) is 13.5 Å². The van der Waals surface area contributed by atoms with Gasteiger partial charge in [-0.1, -0.05) is 12.1 Å². The van der Waals surface area contributed by atoms with Crippen LogP contribution in [0.2, 0.25) is 0 Å². The minimum atomic E-state index is -0.143. The van der Waals surface area contributed by atoms with Crippen molar-refractivity contribution >= 4 is 17.1 Å². The number of benzene rings is 1. The maximum atomic E-state index is 12.1. The van der Waals surface area contributed by atoms with E-state index in [4.69, 9.17) is 0 Å². The van der Waals surface area contributed by atoms with Gasteiger partial charge in [0.05, 0.1) is 11.9 Å². The number of nitrogens with one attached hydrogen (secondary N) is 1. The number of aryl methyl sites for hydroxylation is 2. The number of phenolic OH excluding ortho intramolecular Hbond substituents is 1. The Bertz CT molecular complexity index is 824. The van der Waals surface area contributed by atoms with Crippen LogP contribution in [0.15, 0.2) is 42.9 Å². The van der Waals surface area contributed by atoms with Crippen molar-refractivity contribution in [2.24, 2.45) is 7.05 Å². The van der Waals surface area contributed by atoms with E-state index >= 15 is 0 Å². The highest BCUT2D eigenvalue weighted by atomic mass is 16.3. The van der Waals surface area contributed by atoms with Gasteiger partial charge in [-0.25, -0.2) is 9.97 Å². The Labute approximate surface area is 133 Å². The molecule has 1 aromatic carbocycles. The predicted octanol–water partition coefficient (Wildman–Crippen LogP) is 2.04. The number of carbonyl (C=O) groups excluding carboxylic acids is 1. The third kappa shape index (κ3) is 3.48. The maximum Gasteiger partial charge on any atom is 0.252 e. The molecule has 23 heavy (non-hydrogen) atoms. The predicted molar refractivity (Wildman–Crippen MR) is 87.3 cm³/mol. The third-order valence-electron chi connectivity index (χ3n) is 3.68. The van der Waals surface area contributed by atoms with Gasteiger partial charge >= 0.3 is 0 Å². The SMILES string of the molecule is Cn1cnc2cc(C(=O)NCCCc3ccc(O)cc3)cnc21. The summed E-state index contributed by atoms with van der Waals surface area (Å²) in [5, 5.41) is 12.1. The van der Waals surface area contributed by atoms with E-state index in [-0.39, 0.29) is 11.7 Å². The number of phenols is 1. The monoisotopic (exact) mass is 310 g/mol. The average molecular weight is 310 g/mol. The molecule has 2 N–H and O–H groups in total. The average Bonchev–Trinajstić information content (AvgIpc) is 2.94. The molecule has 2 aromatic heterocycles. The number of imidazole rings is 1. The number of nitrogens with zero attached hydrogens (tertiary/aromatic N) is 3. The Morgan fingerprint density at radius 2 is 2.04 bits per heavy atom. The van der Waals surface area contributed by atoms with Gasteiger partial charge in [0, 0.05) is 19.8 Å². The highest BCUT2D eigenvalue weighted by molar-refractivity contribution is 5.96. The standard InChI is InChI=1S/C17H18N4O2/c1-21-11-20-15-9-13(10-19-16(15)21)17(23)18-8-2-3-12-4-6-14(22)7-5-12/h4-7,9-11,22H,2-3,8H2,1H3,(H,18,23). The quantitative estimate of drug-likeness (QED) is 0.707. The van der Waals surface area contributed by atoms with Crippen LogP contribution in [0.3, 0.4) is 0 Å². The van der Waals surface area contributed by atoms with Gasteiger partial charge in [0.1, 0.15) is 11.3 Å². The summed E-state index contributed by atoms with van der Waals surface area (Å²) in [5.41, 5.74) is 3.12. The van der Waals surface area contributed by atoms with Gasteiger partial charge in [-0.05, 0) is 36.6 Å². The Hall–Kier alpha value is -2.89. The molecule has 0 radical (unpaired) electrons. The fraction of sp³-hybridized carbons (Fsp3) is 0.235. The van der Waals surface area contributed by atoms with Crippen LogP contribution in [0, 0.1) is 0 Å². The van der Waals surface area contributed by atoms with Gasteiger partial charge in [0.15, 0.2) is 5.65 Å². The summed E-state index contributed by atoms with van der Waals surface area (Å²) in [6.45, 7) is 0.583. The first-order valence-corrected chi connectivity index (χ1v) is 7.46. The number of hydrogen-bond donors (Lipinski definition) is 2. The van der Waals surface area contributed by atoms with Gasteiger partial charge in [0.2, 0.25) is 0 Å². The summed E-state index contributed by atoms with van der Waals surface area (Å²) in [6, 6.07) is 8.85. The van der Waals surface area contributed by atoms with E-state index in [9.17, 15) is 9.90 Å². The number of fused-ring (bicyclic) bond motifs is 1.